The summed E-state index contributed by atoms with van der Waals surface area (Å²) >= 11 is 0. The lowest BCUT2D eigenvalue weighted by Crippen LogP contribution is -2.35. The molecular formula is C25H30N4O3. The van der Waals surface area contributed by atoms with Gasteiger partial charge in [0.1, 0.15) is 11.6 Å². The van der Waals surface area contributed by atoms with Crippen molar-refractivity contribution in [2.45, 2.75) is 33.1 Å². The molecule has 7 nitrogen and oxygen atoms in total. The SMILES string of the molecule is COc1cccc(C(=O)N(C)CC(=O)Nc2cc(C(C)(C)C)nn2-c2ccc(C)cc2)c1. The fourth-order valence-corrected chi connectivity index (χ4v) is 3.17. The number of hydrogen-bond acceptors (Lipinski definition) is 4. The number of carbonyl (C=O) groups is 2. The Balaban J connectivity index is 1.79. The first-order valence-corrected chi connectivity index (χ1v) is 10.5. The molecule has 3 aromatic rings. The van der Waals surface area contributed by atoms with E-state index in [0.29, 0.717) is 17.1 Å². The Hall–Kier alpha value is -3.61. The van der Waals surface area contributed by atoms with Gasteiger partial charge in [0.15, 0.2) is 0 Å². The van der Waals surface area contributed by atoms with Gasteiger partial charge in [-0.3, -0.25) is 9.59 Å². The van der Waals surface area contributed by atoms with Gasteiger partial charge in [-0.25, -0.2) is 4.68 Å². The van der Waals surface area contributed by atoms with Crippen LogP contribution < -0.4 is 10.1 Å². The van der Waals surface area contributed by atoms with Crippen molar-refractivity contribution in [2.24, 2.45) is 0 Å². The van der Waals surface area contributed by atoms with Crippen LogP contribution in [0.1, 0.15) is 42.4 Å². The van der Waals surface area contributed by atoms with E-state index in [1.54, 1.807) is 43.1 Å². The first kappa shape index (κ1) is 23.1. The molecular weight excluding hydrogens is 404 g/mol. The number of aromatic nitrogens is 2. The molecule has 1 heterocycles. The summed E-state index contributed by atoms with van der Waals surface area (Å²) in [6, 6.07) is 16.7. The van der Waals surface area contributed by atoms with Crippen molar-refractivity contribution in [1.82, 2.24) is 14.7 Å². The van der Waals surface area contributed by atoms with E-state index in [2.05, 4.69) is 26.1 Å². The third kappa shape index (κ3) is 5.35. The number of benzene rings is 2. The minimum absolute atomic E-state index is 0.0972. The fourth-order valence-electron chi connectivity index (χ4n) is 3.17. The summed E-state index contributed by atoms with van der Waals surface area (Å²) in [5.41, 5.74) is 3.12. The zero-order chi connectivity index (χ0) is 23.5. The Morgan fingerprint density at radius 3 is 2.41 bits per heavy atom. The van der Waals surface area contributed by atoms with Gasteiger partial charge in [-0.2, -0.15) is 5.10 Å². The molecule has 0 bridgehead atoms. The number of likely N-dealkylation sites (N-methyl/N-ethyl adjacent to an activating group) is 1. The van der Waals surface area contributed by atoms with Crippen molar-refractivity contribution in [1.29, 1.82) is 0 Å². The van der Waals surface area contributed by atoms with Crippen LogP contribution in [0.5, 0.6) is 5.75 Å². The molecule has 0 fully saturated rings. The van der Waals surface area contributed by atoms with Gasteiger partial charge in [0.05, 0.1) is 25.0 Å². The van der Waals surface area contributed by atoms with Gasteiger partial charge in [0, 0.05) is 24.1 Å². The first-order chi connectivity index (χ1) is 15.1. The van der Waals surface area contributed by atoms with Crippen LogP contribution in [0.2, 0.25) is 0 Å². The average Bonchev–Trinajstić information content (AvgIpc) is 3.17. The van der Waals surface area contributed by atoms with Crippen LogP contribution in [-0.2, 0) is 10.2 Å². The molecule has 1 aromatic heterocycles. The summed E-state index contributed by atoms with van der Waals surface area (Å²) in [5.74, 6) is 0.579. The second-order valence-electron chi connectivity index (χ2n) is 8.85. The lowest BCUT2D eigenvalue weighted by molar-refractivity contribution is -0.116. The Kier molecular flexibility index (Phi) is 6.67. The lowest BCUT2D eigenvalue weighted by Gasteiger charge is -2.17. The van der Waals surface area contributed by atoms with Crippen LogP contribution in [0.4, 0.5) is 5.82 Å². The summed E-state index contributed by atoms with van der Waals surface area (Å²) in [7, 11) is 3.14. The van der Waals surface area contributed by atoms with Gasteiger partial charge in [-0.05, 0) is 37.3 Å². The van der Waals surface area contributed by atoms with E-state index in [0.717, 1.165) is 16.9 Å². The molecule has 0 saturated carbocycles. The molecule has 2 aromatic carbocycles. The quantitative estimate of drug-likeness (QED) is 0.631. The zero-order valence-electron chi connectivity index (χ0n) is 19.5. The van der Waals surface area contributed by atoms with Gasteiger partial charge >= 0.3 is 0 Å². The van der Waals surface area contributed by atoms with E-state index in [1.807, 2.05) is 37.3 Å². The number of hydrogen-bond donors (Lipinski definition) is 1. The predicted molar refractivity (Wildman–Crippen MR) is 126 cm³/mol. The highest BCUT2D eigenvalue weighted by Gasteiger charge is 2.22. The maximum atomic E-state index is 12.8. The van der Waals surface area contributed by atoms with Crippen molar-refractivity contribution < 1.29 is 14.3 Å². The number of nitrogens with zero attached hydrogens (tertiary/aromatic N) is 3. The van der Waals surface area contributed by atoms with Crippen molar-refractivity contribution in [3.63, 3.8) is 0 Å². The smallest absolute Gasteiger partial charge is 0.254 e. The Morgan fingerprint density at radius 1 is 1.09 bits per heavy atom. The van der Waals surface area contributed by atoms with E-state index in [-0.39, 0.29) is 23.8 Å². The van der Waals surface area contributed by atoms with E-state index in [9.17, 15) is 9.59 Å². The summed E-state index contributed by atoms with van der Waals surface area (Å²) in [5, 5.41) is 7.64. The average molecular weight is 435 g/mol. The second kappa shape index (κ2) is 9.26. The molecule has 7 heteroatoms. The molecule has 3 rings (SSSR count). The lowest BCUT2D eigenvalue weighted by atomic mass is 9.92. The summed E-state index contributed by atoms with van der Waals surface area (Å²) < 4.78 is 6.90. The summed E-state index contributed by atoms with van der Waals surface area (Å²) in [4.78, 5) is 26.9. The normalized spacial score (nSPS) is 11.2. The Bertz CT molecular complexity index is 1110. The number of methoxy groups -OCH3 is 1. The van der Waals surface area contributed by atoms with E-state index >= 15 is 0 Å². The highest BCUT2D eigenvalue weighted by molar-refractivity contribution is 5.99. The molecule has 0 aliphatic carbocycles. The van der Waals surface area contributed by atoms with Gasteiger partial charge in [-0.15, -0.1) is 0 Å². The van der Waals surface area contributed by atoms with Crippen LogP contribution in [0.25, 0.3) is 5.69 Å². The van der Waals surface area contributed by atoms with E-state index < -0.39 is 0 Å². The minimum Gasteiger partial charge on any atom is -0.497 e. The van der Waals surface area contributed by atoms with Gasteiger partial charge < -0.3 is 15.0 Å². The topological polar surface area (TPSA) is 76.5 Å². The number of carbonyl (C=O) groups excluding carboxylic acids is 2. The number of nitrogens with one attached hydrogen (secondary N) is 1. The van der Waals surface area contributed by atoms with E-state index in [4.69, 9.17) is 9.84 Å². The van der Waals surface area contributed by atoms with Crippen molar-refractivity contribution in [2.75, 3.05) is 26.0 Å². The van der Waals surface area contributed by atoms with Crippen LogP contribution >= 0.6 is 0 Å². The number of anilines is 1. The molecule has 2 amide bonds. The molecule has 0 radical (unpaired) electrons. The third-order valence-electron chi connectivity index (χ3n) is 5.07. The molecule has 0 aliphatic heterocycles. The van der Waals surface area contributed by atoms with Crippen molar-refractivity contribution >= 4 is 17.6 Å². The molecule has 0 spiro atoms. The largest absolute Gasteiger partial charge is 0.497 e. The minimum atomic E-state index is -0.308. The number of amides is 2. The van der Waals surface area contributed by atoms with Crippen LogP contribution in [-0.4, -0.2) is 47.2 Å². The fraction of sp³-hybridized carbons (Fsp3) is 0.320. The standard InChI is InChI=1S/C25H30N4O3/c1-17-10-12-19(13-11-17)29-22(15-21(27-29)25(2,3)4)26-23(30)16-28(5)24(31)18-8-7-9-20(14-18)32-6/h7-15H,16H2,1-6H3,(H,26,30). The van der Waals surface area contributed by atoms with Crippen molar-refractivity contribution in [3.8, 4) is 11.4 Å². The number of rotatable bonds is 6. The predicted octanol–water partition coefficient (Wildman–Crippen LogP) is 4.20. The molecule has 0 unspecified atom stereocenters. The first-order valence-electron chi connectivity index (χ1n) is 10.5. The second-order valence-corrected chi connectivity index (χ2v) is 8.85. The molecule has 32 heavy (non-hydrogen) atoms. The number of aryl methyl sites for hydroxylation is 1. The number of ether oxygens (including phenoxy) is 1. The third-order valence-corrected chi connectivity index (χ3v) is 5.07. The monoisotopic (exact) mass is 434 g/mol. The van der Waals surface area contributed by atoms with Crippen LogP contribution in [0.15, 0.2) is 54.6 Å². The van der Waals surface area contributed by atoms with Crippen molar-refractivity contribution in [3.05, 3.63) is 71.4 Å². The van der Waals surface area contributed by atoms with Gasteiger partial charge in [0.25, 0.3) is 5.91 Å². The molecule has 1 N–H and O–H groups in total. The maximum absolute atomic E-state index is 12.8. The summed E-state index contributed by atoms with van der Waals surface area (Å²) in [6.07, 6.45) is 0. The van der Waals surface area contributed by atoms with Gasteiger partial charge in [-0.1, -0.05) is 44.5 Å². The molecule has 0 atom stereocenters. The van der Waals surface area contributed by atoms with Crippen LogP contribution in [0, 0.1) is 6.92 Å². The van der Waals surface area contributed by atoms with E-state index in [1.165, 1.54) is 4.90 Å². The highest BCUT2D eigenvalue weighted by Crippen LogP contribution is 2.26. The van der Waals surface area contributed by atoms with Crippen LogP contribution in [0.3, 0.4) is 0 Å². The molecule has 168 valence electrons. The Morgan fingerprint density at radius 2 is 1.78 bits per heavy atom. The van der Waals surface area contributed by atoms with Gasteiger partial charge in [0.2, 0.25) is 5.91 Å². The molecule has 0 saturated heterocycles. The Labute approximate surface area is 189 Å². The highest BCUT2D eigenvalue weighted by atomic mass is 16.5. The molecule has 0 aliphatic rings. The summed E-state index contributed by atoms with van der Waals surface area (Å²) in [6.45, 7) is 8.13. The zero-order valence-corrected chi connectivity index (χ0v) is 19.5. The maximum Gasteiger partial charge on any atom is 0.254 e.